The smallest absolute Gasteiger partial charge is 0.214 e. The van der Waals surface area contributed by atoms with E-state index in [1.165, 1.54) is 5.56 Å². The monoisotopic (exact) mass is 319 g/mol. The van der Waals surface area contributed by atoms with Gasteiger partial charge in [-0.1, -0.05) is 43.1 Å². The first-order valence-electron chi connectivity index (χ1n) is 8.98. The van der Waals surface area contributed by atoms with Crippen LogP contribution in [0.5, 0.6) is 0 Å². The quantitative estimate of drug-likeness (QED) is 0.456. The van der Waals surface area contributed by atoms with Crippen molar-refractivity contribution in [3.05, 3.63) is 48.7 Å². The van der Waals surface area contributed by atoms with Crippen LogP contribution in [0.1, 0.15) is 6.92 Å². The van der Waals surface area contributed by atoms with Crippen molar-refractivity contribution >= 4 is 77.4 Å². The summed E-state index contributed by atoms with van der Waals surface area (Å²) in [5.41, 5.74) is 3.49. The van der Waals surface area contributed by atoms with E-state index >= 15 is 0 Å². The van der Waals surface area contributed by atoms with E-state index in [0.717, 1.165) is 11.2 Å². The van der Waals surface area contributed by atoms with Gasteiger partial charge in [0.15, 0.2) is 6.20 Å². The van der Waals surface area contributed by atoms with Crippen LogP contribution in [-0.2, 0) is 7.05 Å². The molecule has 1 aromatic heterocycles. The summed E-state index contributed by atoms with van der Waals surface area (Å²) in [4.78, 5) is 0. The lowest BCUT2D eigenvalue weighted by Gasteiger charge is -2.33. The fraction of sp³-hybridized carbons (Fsp3) is 0.267. The molecule has 2 atom stereocenters. The highest BCUT2D eigenvalue weighted by Crippen LogP contribution is 2.64. The van der Waals surface area contributed by atoms with Gasteiger partial charge >= 0.3 is 0 Å². The molecule has 1 aliphatic rings. The fourth-order valence-corrected chi connectivity index (χ4v) is 4.74. The molecule has 1 aliphatic heterocycles. The molecule has 0 amide bonds. The van der Waals surface area contributed by atoms with Gasteiger partial charge in [-0.15, -0.1) is 5.11 Å². The summed E-state index contributed by atoms with van der Waals surface area (Å²) in [6.07, 6.45) is 1.53. The summed E-state index contributed by atoms with van der Waals surface area (Å²) >= 11 is 0. The second kappa shape index (κ2) is 7.56. The maximum Gasteiger partial charge on any atom is 0.251 e. The lowest BCUT2D eigenvalue weighted by Crippen LogP contribution is -2.59. The maximum absolute atomic E-state index is 6.22. The predicted octanol–water partition coefficient (Wildman–Crippen LogP) is -1.39. The molecular formula is C15H15B10N+. The normalized spacial score (nSPS) is 21.2. The van der Waals surface area contributed by atoms with Gasteiger partial charge in [0.1, 0.15) is 12.6 Å². The molecule has 2 unspecified atom stereocenters. The Bertz CT molecular complexity index is 770. The van der Waals surface area contributed by atoms with E-state index in [1.54, 1.807) is 7.06 Å². The zero-order valence-corrected chi connectivity index (χ0v) is 15.4. The molecule has 109 valence electrons. The summed E-state index contributed by atoms with van der Waals surface area (Å²) in [5, 5.41) is -0.436. The van der Waals surface area contributed by atoms with Gasteiger partial charge in [0.2, 0.25) is 0 Å². The van der Waals surface area contributed by atoms with Gasteiger partial charge in [-0.3, -0.25) is 0 Å². The number of hydrogen-bond donors (Lipinski definition) is 0. The first-order chi connectivity index (χ1) is 12.4. The first-order valence-corrected chi connectivity index (χ1v) is 8.98. The Kier molecular flexibility index (Phi) is 5.75. The third kappa shape index (κ3) is 3.10. The van der Waals surface area contributed by atoms with Crippen molar-refractivity contribution in [3.63, 3.8) is 0 Å². The zero-order valence-electron chi connectivity index (χ0n) is 15.4. The molecule has 2 aromatic rings. The Labute approximate surface area is 166 Å². The Hall–Kier alpha value is -0.981. The summed E-state index contributed by atoms with van der Waals surface area (Å²) < 4.78 is 2.14. The van der Waals surface area contributed by atoms with Crippen molar-refractivity contribution in [1.82, 2.24) is 0 Å². The van der Waals surface area contributed by atoms with Crippen LogP contribution in [0.3, 0.4) is 0 Å². The second-order valence-electron chi connectivity index (χ2n) is 7.41. The van der Waals surface area contributed by atoms with Crippen molar-refractivity contribution in [3.8, 4) is 11.1 Å². The lowest BCUT2D eigenvalue weighted by atomic mass is 8.73. The van der Waals surface area contributed by atoms with Crippen LogP contribution in [0.25, 0.3) is 11.1 Å². The molecule has 1 aromatic carbocycles. The molecule has 1 saturated heterocycles. The van der Waals surface area contributed by atoms with Gasteiger partial charge in [-0.05, 0) is 17.7 Å². The summed E-state index contributed by atoms with van der Waals surface area (Å²) in [6.45, 7) is 1.48. The molecule has 0 spiro atoms. The van der Waals surface area contributed by atoms with Crippen molar-refractivity contribution in [2.45, 2.75) is 17.9 Å². The largest absolute Gasteiger partial charge is 0.251 e. The Morgan fingerprint density at radius 3 is 2.19 bits per heavy atom. The van der Waals surface area contributed by atoms with Gasteiger partial charge in [-0.2, -0.15) is 0 Å². The lowest BCUT2D eigenvalue weighted by molar-refractivity contribution is -0.653. The molecule has 2 heterocycles. The van der Waals surface area contributed by atoms with E-state index in [4.69, 9.17) is 38.7 Å². The molecule has 1 fully saturated rings. The maximum atomic E-state index is 6.22. The number of aryl methyl sites for hydroxylation is 1. The molecule has 3 rings (SSSR count). The van der Waals surface area contributed by atoms with Crippen LogP contribution in [0.4, 0.5) is 0 Å². The van der Waals surface area contributed by atoms with Crippen LogP contribution in [0.15, 0.2) is 48.7 Å². The minimum atomic E-state index is -0.601. The van der Waals surface area contributed by atoms with Crippen molar-refractivity contribution in [2.75, 3.05) is 0 Å². The molecular weight excluding hydrogens is 302 g/mol. The van der Waals surface area contributed by atoms with Crippen molar-refractivity contribution in [1.29, 1.82) is 0 Å². The van der Waals surface area contributed by atoms with Crippen LogP contribution in [0.2, 0.25) is 10.9 Å². The van der Waals surface area contributed by atoms with E-state index in [0.29, 0.717) is 0 Å². The molecule has 0 N–H and O–H groups in total. The average Bonchev–Trinajstić information content (AvgIpc) is 3.22. The third-order valence-electron chi connectivity index (χ3n) is 6.09. The van der Waals surface area contributed by atoms with Gasteiger partial charge in [0.25, 0.3) is 6.71 Å². The number of hydrogen-bond acceptors (Lipinski definition) is 0. The zero-order chi connectivity index (χ0) is 19.1. The van der Waals surface area contributed by atoms with Crippen LogP contribution in [0, 0.1) is 0 Å². The Morgan fingerprint density at radius 2 is 1.69 bits per heavy atom. The highest BCUT2D eigenvalue weighted by Gasteiger charge is 2.71. The van der Waals surface area contributed by atoms with Gasteiger partial charge < -0.3 is 0 Å². The van der Waals surface area contributed by atoms with E-state index < -0.39 is 18.0 Å². The van der Waals surface area contributed by atoms with Crippen LogP contribution >= 0.6 is 0 Å². The first kappa shape index (κ1) is 19.8. The number of rotatable bonds is 6. The summed E-state index contributed by atoms with van der Waals surface area (Å²) in [7, 11) is 33.9. The van der Waals surface area contributed by atoms with Crippen molar-refractivity contribution in [2.24, 2.45) is 7.05 Å². The fourth-order valence-electron chi connectivity index (χ4n) is 4.74. The molecule has 11 heteroatoms. The predicted molar refractivity (Wildman–Crippen MR) is 122 cm³/mol. The number of benzene rings is 1. The van der Waals surface area contributed by atoms with Gasteiger partial charge in [-0.25, -0.2) is 4.57 Å². The summed E-state index contributed by atoms with van der Waals surface area (Å²) in [6, 6.07) is 14.6. The SMILES string of the molecule is [B][B]B(B([B])[B])C1(B([B])[B])B(c2ccc(-c3ccccc3)c[n+]2C)C1C. The molecule has 0 aliphatic carbocycles. The minimum Gasteiger partial charge on any atom is -0.214 e. The number of aromatic nitrogens is 1. The molecule has 26 heavy (non-hydrogen) atoms. The van der Waals surface area contributed by atoms with Crippen LogP contribution < -0.4 is 10.2 Å². The highest BCUT2D eigenvalue weighted by atomic mass is 14.9. The highest BCUT2D eigenvalue weighted by molar-refractivity contribution is 7.76. The van der Waals surface area contributed by atoms with E-state index in [-0.39, 0.29) is 19.0 Å². The minimum absolute atomic E-state index is 0.150. The molecule has 11 radical (unpaired) electrons. The Balaban J connectivity index is 1.99. The van der Waals surface area contributed by atoms with Crippen molar-refractivity contribution < 1.29 is 4.57 Å². The number of pyridine rings is 1. The molecule has 0 saturated carbocycles. The molecule has 1 nitrogen and oxygen atoms in total. The topological polar surface area (TPSA) is 3.88 Å². The number of nitrogens with zero attached hydrogens (tertiary/aromatic N) is 1. The average molecular weight is 317 g/mol. The van der Waals surface area contributed by atoms with E-state index in [1.807, 2.05) is 25.2 Å². The van der Waals surface area contributed by atoms with Crippen LogP contribution in [-0.4, -0.2) is 71.8 Å². The van der Waals surface area contributed by atoms with Gasteiger partial charge in [0, 0.05) is 70.7 Å². The third-order valence-corrected chi connectivity index (χ3v) is 6.09. The second-order valence-corrected chi connectivity index (χ2v) is 7.41. The van der Waals surface area contributed by atoms with Gasteiger partial charge in [0.05, 0.1) is 0 Å². The Morgan fingerprint density at radius 1 is 1.04 bits per heavy atom. The standard InChI is InChI=1S/C15H15B10N/c1-11-15(23(17)18,24(21-16)25(19)20)22(11)14-9-8-13(10-26(14)2)12-6-4-3-5-7-12/h3-11H,1-2H3/q+1. The van der Waals surface area contributed by atoms with E-state index in [9.17, 15) is 0 Å². The summed E-state index contributed by atoms with van der Waals surface area (Å²) in [5.74, 6) is 0.232. The molecule has 0 bridgehead atoms. The van der Waals surface area contributed by atoms with E-state index in [2.05, 4.69) is 42.0 Å².